The van der Waals surface area contributed by atoms with Crippen LogP contribution in [0.5, 0.6) is 0 Å². The molecule has 0 saturated carbocycles. The van der Waals surface area contributed by atoms with Crippen LogP contribution in [-0.2, 0) is 11.3 Å². The molecule has 122 valence electrons. The molecule has 2 heterocycles. The Labute approximate surface area is 141 Å². The number of carbonyl (C=O) groups excluding carboxylic acids is 1. The Bertz CT molecular complexity index is 912. The lowest BCUT2D eigenvalue weighted by atomic mass is 10.1. The summed E-state index contributed by atoms with van der Waals surface area (Å²) in [4.78, 5) is 19.3. The van der Waals surface area contributed by atoms with Gasteiger partial charge < -0.3 is 9.47 Å². The van der Waals surface area contributed by atoms with Gasteiger partial charge >= 0.3 is 0 Å². The Kier molecular flexibility index (Phi) is 3.60. The van der Waals surface area contributed by atoms with E-state index in [9.17, 15) is 4.79 Å². The summed E-state index contributed by atoms with van der Waals surface area (Å²) in [7, 11) is 0. The van der Waals surface area contributed by atoms with E-state index in [1.54, 1.807) is 0 Å². The van der Waals surface area contributed by atoms with Crippen LogP contribution in [0, 0.1) is 6.92 Å². The second-order valence-corrected chi connectivity index (χ2v) is 6.45. The average molecular weight is 319 g/mol. The maximum atomic E-state index is 12.6. The summed E-state index contributed by atoms with van der Waals surface area (Å²) in [5.74, 6) is 1.35. The normalized spacial score (nSPS) is 17.8. The van der Waals surface area contributed by atoms with Gasteiger partial charge in [-0.15, -0.1) is 0 Å². The van der Waals surface area contributed by atoms with Gasteiger partial charge in [-0.25, -0.2) is 4.98 Å². The first-order chi connectivity index (χ1) is 11.7. The predicted molar refractivity (Wildman–Crippen MR) is 96.3 cm³/mol. The van der Waals surface area contributed by atoms with Gasteiger partial charge in [-0.3, -0.25) is 4.79 Å². The van der Waals surface area contributed by atoms with Gasteiger partial charge in [0.25, 0.3) is 0 Å². The fourth-order valence-electron chi connectivity index (χ4n) is 3.66. The number of hydrogen-bond donors (Lipinski definition) is 0. The van der Waals surface area contributed by atoms with E-state index in [4.69, 9.17) is 4.98 Å². The third kappa shape index (κ3) is 2.39. The van der Waals surface area contributed by atoms with Crippen molar-refractivity contribution in [2.24, 2.45) is 0 Å². The monoisotopic (exact) mass is 319 g/mol. The van der Waals surface area contributed by atoms with E-state index in [0.717, 1.165) is 29.1 Å². The van der Waals surface area contributed by atoms with E-state index in [-0.39, 0.29) is 11.8 Å². The van der Waals surface area contributed by atoms with Crippen molar-refractivity contribution in [1.82, 2.24) is 9.55 Å². The van der Waals surface area contributed by atoms with E-state index in [1.165, 1.54) is 5.56 Å². The second-order valence-electron chi connectivity index (χ2n) is 6.45. The molecule has 4 rings (SSSR count). The van der Waals surface area contributed by atoms with E-state index >= 15 is 0 Å². The number of amides is 1. The summed E-state index contributed by atoms with van der Waals surface area (Å²) in [5.41, 5.74) is 4.32. The fraction of sp³-hybridized carbons (Fsp3) is 0.300. The van der Waals surface area contributed by atoms with Crippen molar-refractivity contribution in [2.75, 3.05) is 11.4 Å². The topological polar surface area (TPSA) is 38.1 Å². The van der Waals surface area contributed by atoms with Gasteiger partial charge in [-0.2, -0.15) is 0 Å². The molecule has 0 aliphatic carbocycles. The molecular weight excluding hydrogens is 298 g/mol. The first-order valence-electron chi connectivity index (χ1n) is 8.49. The molecular formula is C20H21N3O. The van der Waals surface area contributed by atoms with E-state index in [0.29, 0.717) is 13.0 Å². The smallest absolute Gasteiger partial charge is 0.227 e. The Morgan fingerprint density at radius 3 is 2.79 bits per heavy atom. The highest BCUT2D eigenvalue weighted by atomic mass is 16.2. The molecule has 1 saturated heterocycles. The van der Waals surface area contributed by atoms with Gasteiger partial charge in [0, 0.05) is 31.1 Å². The zero-order valence-corrected chi connectivity index (χ0v) is 14.1. The van der Waals surface area contributed by atoms with Crippen molar-refractivity contribution < 1.29 is 4.79 Å². The molecule has 4 nitrogen and oxygen atoms in total. The van der Waals surface area contributed by atoms with Gasteiger partial charge in [0.15, 0.2) is 0 Å². The Balaban J connectivity index is 1.70. The number of nitrogens with zero attached hydrogens (tertiary/aromatic N) is 3. The largest absolute Gasteiger partial charge is 0.328 e. The van der Waals surface area contributed by atoms with E-state index in [1.807, 2.05) is 35.2 Å². The van der Waals surface area contributed by atoms with Crippen LogP contribution in [0.4, 0.5) is 5.69 Å². The van der Waals surface area contributed by atoms with Gasteiger partial charge in [-0.05, 0) is 43.7 Å². The Hall–Kier alpha value is -2.62. The highest BCUT2D eigenvalue weighted by Gasteiger charge is 2.34. The fourth-order valence-corrected chi connectivity index (χ4v) is 3.66. The van der Waals surface area contributed by atoms with Crippen molar-refractivity contribution in [2.45, 2.75) is 32.7 Å². The zero-order chi connectivity index (χ0) is 16.7. The van der Waals surface area contributed by atoms with Gasteiger partial charge in [0.2, 0.25) is 5.91 Å². The second kappa shape index (κ2) is 5.78. The molecule has 24 heavy (non-hydrogen) atoms. The third-order valence-electron chi connectivity index (χ3n) is 4.80. The molecule has 0 bridgehead atoms. The molecule has 0 radical (unpaired) electrons. The lowest BCUT2D eigenvalue weighted by Crippen LogP contribution is -2.24. The van der Waals surface area contributed by atoms with Crippen molar-refractivity contribution in [3.8, 4) is 0 Å². The van der Waals surface area contributed by atoms with E-state index < -0.39 is 0 Å². The molecule has 0 unspecified atom stereocenters. The molecule has 1 amide bonds. The first kappa shape index (κ1) is 14.9. The Morgan fingerprint density at radius 2 is 2.00 bits per heavy atom. The molecule has 3 aromatic rings. The van der Waals surface area contributed by atoms with Crippen LogP contribution in [-0.4, -0.2) is 22.0 Å². The average Bonchev–Trinajstić information content (AvgIpc) is 3.15. The maximum Gasteiger partial charge on any atom is 0.227 e. The first-order valence-corrected chi connectivity index (χ1v) is 8.49. The summed E-state index contributed by atoms with van der Waals surface area (Å²) in [6, 6.07) is 16.3. The predicted octanol–water partition coefficient (Wildman–Crippen LogP) is 3.89. The zero-order valence-electron chi connectivity index (χ0n) is 14.1. The van der Waals surface area contributed by atoms with Crippen LogP contribution in [0.2, 0.25) is 0 Å². The standard InChI is InChI=1S/C20H21N3O/c1-3-22-18-10-5-4-9-17(18)21-20(22)15-12-19(24)23(13-15)16-8-6-7-14(2)11-16/h4-11,15H,3,12-13H2,1-2H3/t15-/m1/s1. The van der Waals surface area contributed by atoms with Gasteiger partial charge in [0.05, 0.1) is 11.0 Å². The minimum Gasteiger partial charge on any atom is -0.328 e. The quantitative estimate of drug-likeness (QED) is 0.734. The van der Waals surface area contributed by atoms with Crippen LogP contribution >= 0.6 is 0 Å². The molecule has 0 spiro atoms. The summed E-state index contributed by atoms with van der Waals surface area (Å²) in [6.07, 6.45) is 0.525. The number of para-hydroxylation sites is 2. The lowest BCUT2D eigenvalue weighted by molar-refractivity contribution is -0.117. The van der Waals surface area contributed by atoms with Crippen LogP contribution in [0.25, 0.3) is 11.0 Å². The van der Waals surface area contributed by atoms with Gasteiger partial charge in [0.1, 0.15) is 5.82 Å². The summed E-state index contributed by atoms with van der Waals surface area (Å²) in [6.45, 7) is 5.75. The molecule has 1 aromatic heterocycles. The van der Waals surface area contributed by atoms with E-state index in [2.05, 4.69) is 36.6 Å². The highest BCUT2D eigenvalue weighted by Crippen LogP contribution is 2.33. The molecule has 1 fully saturated rings. The van der Waals surface area contributed by atoms with Crippen LogP contribution in [0.15, 0.2) is 48.5 Å². The SMILES string of the molecule is CCn1c([C@@H]2CC(=O)N(c3cccc(C)c3)C2)nc2ccccc21. The van der Waals surface area contributed by atoms with Crippen molar-refractivity contribution in [1.29, 1.82) is 0 Å². The lowest BCUT2D eigenvalue weighted by Gasteiger charge is -2.17. The number of anilines is 1. The number of aromatic nitrogens is 2. The number of benzene rings is 2. The molecule has 1 aliphatic rings. The summed E-state index contributed by atoms with van der Waals surface area (Å²) >= 11 is 0. The number of imidazole rings is 1. The third-order valence-corrected chi connectivity index (χ3v) is 4.80. The number of carbonyl (C=O) groups is 1. The maximum absolute atomic E-state index is 12.6. The molecule has 2 aromatic carbocycles. The van der Waals surface area contributed by atoms with Crippen LogP contribution in [0.3, 0.4) is 0 Å². The number of aryl methyl sites for hydroxylation is 2. The Morgan fingerprint density at radius 1 is 1.17 bits per heavy atom. The number of hydrogen-bond acceptors (Lipinski definition) is 2. The number of fused-ring (bicyclic) bond motifs is 1. The minimum absolute atomic E-state index is 0.144. The molecule has 4 heteroatoms. The number of rotatable bonds is 3. The molecule has 1 aliphatic heterocycles. The minimum atomic E-state index is 0.144. The van der Waals surface area contributed by atoms with Crippen LogP contribution in [0.1, 0.15) is 30.7 Å². The van der Waals surface area contributed by atoms with Crippen molar-refractivity contribution in [3.63, 3.8) is 0 Å². The molecule has 0 N–H and O–H groups in total. The van der Waals surface area contributed by atoms with Crippen molar-refractivity contribution in [3.05, 3.63) is 59.9 Å². The molecule has 1 atom stereocenters. The summed E-state index contributed by atoms with van der Waals surface area (Å²) < 4.78 is 2.24. The van der Waals surface area contributed by atoms with Crippen molar-refractivity contribution >= 4 is 22.6 Å². The highest BCUT2D eigenvalue weighted by molar-refractivity contribution is 5.96. The summed E-state index contributed by atoms with van der Waals surface area (Å²) in [5, 5.41) is 0. The van der Waals surface area contributed by atoms with Gasteiger partial charge in [-0.1, -0.05) is 24.3 Å². The van der Waals surface area contributed by atoms with Crippen LogP contribution < -0.4 is 4.90 Å².